The number of rotatable bonds is 6. The smallest absolute Gasteiger partial charge is 0.263 e. The summed E-state index contributed by atoms with van der Waals surface area (Å²) in [6, 6.07) is 18.3. The lowest BCUT2D eigenvalue weighted by Crippen LogP contribution is -3.12. The Balaban J connectivity index is 1.47. The Kier molecular flexibility index (Phi) is 6.34. The van der Waals surface area contributed by atoms with Gasteiger partial charge in [-0.15, -0.1) is 11.3 Å². The highest BCUT2D eigenvalue weighted by molar-refractivity contribution is 7.14. The van der Waals surface area contributed by atoms with Crippen LogP contribution in [0, 0.1) is 6.92 Å². The van der Waals surface area contributed by atoms with E-state index in [2.05, 4.69) is 28.5 Å². The van der Waals surface area contributed by atoms with Crippen LogP contribution in [0.4, 0.5) is 0 Å². The van der Waals surface area contributed by atoms with Gasteiger partial charge in [-0.1, -0.05) is 54.6 Å². The van der Waals surface area contributed by atoms with Crippen molar-refractivity contribution in [2.45, 2.75) is 20.0 Å². The monoisotopic (exact) mass is 408 g/mol. The number of hydrogen-bond acceptors (Lipinski definition) is 4. The molecule has 1 fully saturated rings. The van der Waals surface area contributed by atoms with E-state index in [0.29, 0.717) is 11.4 Å². The van der Waals surface area contributed by atoms with Crippen LogP contribution >= 0.6 is 11.3 Å². The standard InChI is InChI=1S/C23H25N3O2S/c1-17-25-21(18-7-3-2-4-8-18)22(29-17)23(27)24-15-19-9-5-6-10-20(19)16-26-11-13-28-14-12-26/h2-10H,11-16H2,1H3,(H,24,27)/p+1. The lowest BCUT2D eigenvalue weighted by atomic mass is 10.1. The molecule has 2 aromatic carbocycles. The Morgan fingerprint density at radius 3 is 2.52 bits per heavy atom. The third-order valence-electron chi connectivity index (χ3n) is 5.19. The van der Waals surface area contributed by atoms with Crippen molar-refractivity contribution in [2.75, 3.05) is 26.3 Å². The molecule has 0 bridgehead atoms. The molecule has 1 aromatic heterocycles. The molecule has 0 radical (unpaired) electrons. The number of thiazole rings is 1. The van der Waals surface area contributed by atoms with E-state index >= 15 is 0 Å². The van der Waals surface area contributed by atoms with Crippen LogP contribution in [0.5, 0.6) is 0 Å². The Morgan fingerprint density at radius 2 is 1.76 bits per heavy atom. The van der Waals surface area contributed by atoms with Crippen LogP contribution in [0.25, 0.3) is 11.3 Å². The second-order valence-corrected chi connectivity index (χ2v) is 8.47. The highest BCUT2D eigenvalue weighted by Crippen LogP contribution is 2.27. The van der Waals surface area contributed by atoms with Crippen molar-refractivity contribution in [3.8, 4) is 11.3 Å². The van der Waals surface area contributed by atoms with E-state index in [0.717, 1.165) is 49.1 Å². The van der Waals surface area contributed by atoms with Crippen molar-refractivity contribution in [3.63, 3.8) is 0 Å². The van der Waals surface area contributed by atoms with Crippen LogP contribution in [0.2, 0.25) is 0 Å². The average Bonchev–Trinajstić information content (AvgIpc) is 3.16. The molecule has 4 rings (SSSR count). The number of carbonyl (C=O) groups excluding carboxylic acids is 1. The van der Waals surface area contributed by atoms with Crippen LogP contribution in [-0.2, 0) is 17.8 Å². The topological polar surface area (TPSA) is 55.7 Å². The third-order valence-corrected chi connectivity index (χ3v) is 6.16. The van der Waals surface area contributed by atoms with Gasteiger partial charge in [-0.3, -0.25) is 4.79 Å². The first-order valence-electron chi connectivity index (χ1n) is 10.00. The number of carbonyl (C=O) groups is 1. The van der Waals surface area contributed by atoms with Gasteiger partial charge in [0.15, 0.2) is 0 Å². The Morgan fingerprint density at radius 1 is 1.07 bits per heavy atom. The molecular formula is C23H26N3O2S+. The fourth-order valence-corrected chi connectivity index (χ4v) is 4.49. The number of nitrogens with zero attached hydrogens (tertiary/aromatic N) is 1. The first-order valence-corrected chi connectivity index (χ1v) is 10.8. The molecule has 2 N–H and O–H groups in total. The molecule has 1 aliphatic heterocycles. The molecule has 0 saturated carbocycles. The van der Waals surface area contributed by atoms with Crippen LogP contribution < -0.4 is 10.2 Å². The van der Waals surface area contributed by atoms with Gasteiger partial charge in [0.1, 0.15) is 24.5 Å². The highest BCUT2D eigenvalue weighted by atomic mass is 32.1. The van der Waals surface area contributed by atoms with E-state index in [4.69, 9.17) is 4.74 Å². The first kappa shape index (κ1) is 19.8. The van der Waals surface area contributed by atoms with E-state index < -0.39 is 0 Å². The van der Waals surface area contributed by atoms with Crippen molar-refractivity contribution in [1.82, 2.24) is 10.3 Å². The van der Waals surface area contributed by atoms with E-state index in [-0.39, 0.29) is 5.91 Å². The number of morpholine rings is 1. The summed E-state index contributed by atoms with van der Waals surface area (Å²) in [5.74, 6) is -0.0667. The van der Waals surface area contributed by atoms with E-state index in [1.165, 1.54) is 27.4 Å². The zero-order valence-electron chi connectivity index (χ0n) is 16.6. The lowest BCUT2D eigenvalue weighted by Gasteiger charge is -2.24. The van der Waals surface area contributed by atoms with Crippen LogP contribution in [0.15, 0.2) is 54.6 Å². The quantitative estimate of drug-likeness (QED) is 0.659. The number of hydrogen-bond donors (Lipinski definition) is 2. The van der Waals surface area contributed by atoms with Crippen molar-refractivity contribution < 1.29 is 14.4 Å². The average molecular weight is 409 g/mol. The fraction of sp³-hybridized carbons (Fsp3) is 0.304. The number of aryl methyl sites for hydroxylation is 1. The van der Waals surface area contributed by atoms with Crippen LogP contribution in [-0.4, -0.2) is 37.2 Å². The van der Waals surface area contributed by atoms with Crippen LogP contribution in [0.3, 0.4) is 0 Å². The molecule has 3 aromatic rings. The van der Waals surface area contributed by atoms with Crippen molar-refractivity contribution in [1.29, 1.82) is 0 Å². The van der Waals surface area contributed by atoms with Gasteiger partial charge in [-0.05, 0) is 12.5 Å². The van der Waals surface area contributed by atoms with Gasteiger partial charge >= 0.3 is 0 Å². The minimum atomic E-state index is -0.0667. The minimum Gasteiger partial charge on any atom is -0.370 e. The van der Waals surface area contributed by atoms with Gasteiger partial charge in [0, 0.05) is 17.7 Å². The van der Waals surface area contributed by atoms with Crippen molar-refractivity contribution in [2.24, 2.45) is 0 Å². The predicted molar refractivity (Wildman–Crippen MR) is 115 cm³/mol. The molecule has 2 heterocycles. The number of ether oxygens (including phenoxy) is 1. The molecule has 5 nitrogen and oxygen atoms in total. The summed E-state index contributed by atoms with van der Waals surface area (Å²) in [6.07, 6.45) is 0. The Hall–Kier alpha value is -2.54. The SMILES string of the molecule is Cc1nc(-c2ccccc2)c(C(=O)NCc2ccccc2C[NH+]2CCOCC2)s1. The van der Waals surface area contributed by atoms with Gasteiger partial charge in [0.2, 0.25) is 0 Å². The minimum absolute atomic E-state index is 0.0667. The summed E-state index contributed by atoms with van der Waals surface area (Å²) >= 11 is 1.44. The second kappa shape index (κ2) is 9.31. The van der Waals surface area contributed by atoms with Gasteiger partial charge in [0.25, 0.3) is 5.91 Å². The predicted octanol–water partition coefficient (Wildman–Crippen LogP) is 2.46. The van der Waals surface area contributed by atoms with Crippen LogP contribution in [0.1, 0.15) is 25.8 Å². The fourth-order valence-electron chi connectivity index (χ4n) is 3.64. The van der Waals surface area contributed by atoms with E-state index in [1.807, 2.05) is 43.3 Å². The molecule has 0 aliphatic carbocycles. The Bertz CT molecular complexity index is 965. The third kappa shape index (κ3) is 4.90. The van der Waals surface area contributed by atoms with Gasteiger partial charge in [0.05, 0.1) is 23.9 Å². The molecule has 29 heavy (non-hydrogen) atoms. The molecule has 0 unspecified atom stereocenters. The lowest BCUT2D eigenvalue weighted by molar-refractivity contribution is -0.921. The van der Waals surface area contributed by atoms with Gasteiger partial charge in [-0.2, -0.15) is 0 Å². The van der Waals surface area contributed by atoms with E-state index in [9.17, 15) is 4.79 Å². The molecular weight excluding hydrogens is 382 g/mol. The summed E-state index contributed by atoms with van der Waals surface area (Å²) in [6.45, 7) is 7.12. The largest absolute Gasteiger partial charge is 0.370 e. The summed E-state index contributed by atoms with van der Waals surface area (Å²) in [7, 11) is 0. The maximum atomic E-state index is 13.0. The summed E-state index contributed by atoms with van der Waals surface area (Å²) in [5.41, 5.74) is 4.19. The van der Waals surface area contributed by atoms with Gasteiger partial charge in [-0.25, -0.2) is 4.98 Å². The number of quaternary nitrogens is 1. The van der Waals surface area contributed by atoms with Crippen molar-refractivity contribution in [3.05, 3.63) is 75.6 Å². The number of aromatic nitrogens is 1. The maximum Gasteiger partial charge on any atom is 0.263 e. The van der Waals surface area contributed by atoms with Crippen molar-refractivity contribution >= 4 is 17.2 Å². The molecule has 0 atom stereocenters. The second-order valence-electron chi connectivity index (χ2n) is 7.27. The molecule has 1 aliphatic rings. The summed E-state index contributed by atoms with van der Waals surface area (Å²) in [5, 5.41) is 4.01. The molecule has 150 valence electrons. The van der Waals surface area contributed by atoms with E-state index in [1.54, 1.807) is 0 Å². The summed E-state index contributed by atoms with van der Waals surface area (Å²) in [4.78, 5) is 19.8. The highest BCUT2D eigenvalue weighted by Gasteiger charge is 2.19. The number of nitrogens with one attached hydrogen (secondary N) is 2. The first-order chi connectivity index (χ1) is 14.2. The maximum absolute atomic E-state index is 13.0. The zero-order chi connectivity index (χ0) is 20.1. The normalized spacial score (nSPS) is 14.7. The summed E-state index contributed by atoms with van der Waals surface area (Å²) < 4.78 is 5.46. The molecule has 1 amide bonds. The van der Waals surface area contributed by atoms with Gasteiger partial charge < -0.3 is 15.0 Å². The molecule has 0 spiro atoms. The molecule has 1 saturated heterocycles. The number of amides is 1. The molecule has 6 heteroatoms. The zero-order valence-corrected chi connectivity index (χ0v) is 17.4. The Labute approximate surface area is 175 Å². The number of benzene rings is 2.